The lowest BCUT2D eigenvalue weighted by Gasteiger charge is -2.34. The molecule has 6 nitrogen and oxygen atoms in total. The zero-order valence-corrected chi connectivity index (χ0v) is 14.9. The van der Waals surface area contributed by atoms with E-state index in [1.165, 1.54) is 12.1 Å². The first-order valence-corrected chi connectivity index (χ1v) is 8.32. The van der Waals surface area contributed by atoms with E-state index in [-0.39, 0.29) is 23.1 Å². The Balaban J connectivity index is 1.91. The van der Waals surface area contributed by atoms with Gasteiger partial charge < -0.3 is 9.73 Å². The summed E-state index contributed by atoms with van der Waals surface area (Å²) in [7, 11) is 0. The fourth-order valence-electron chi connectivity index (χ4n) is 3.62. The topological polar surface area (TPSA) is 85.4 Å². The first-order chi connectivity index (χ1) is 11.7. The van der Waals surface area contributed by atoms with E-state index in [2.05, 4.69) is 19.2 Å². The predicted octanol–water partition coefficient (Wildman–Crippen LogP) is 4.25. The average Bonchev–Trinajstić information content (AvgIpc) is 2.86. The van der Waals surface area contributed by atoms with E-state index in [1.807, 2.05) is 13.0 Å². The minimum Gasteiger partial charge on any atom is -0.466 e. The lowest BCUT2D eigenvalue weighted by atomic mass is 9.74. The first-order valence-electron chi connectivity index (χ1n) is 8.32. The van der Waals surface area contributed by atoms with Gasteiger partial charge in [0.25, 0.3) is 11.6 Å². The summed E-state index contributed by atoms with van der Waals surface area (Å²) in [5.74, 6) is 1.44. The molecule has 132 valence electrons. The zero-order chi connectivity index (χ0) is 18.4. The number of furan rings is 1. The molecule has 0 aliphatic heterocycles. The van der Waals surface area contributed by atoms with E-state index in [4.69, 9.17) is 4.42 Å². The van der Waals surface area contributed by atoms with Crippen molar-refractivity contribution in [2.24, 2.45) is 5.41 Å². The molecule has 0 saturated carbocycles. The molecule has 6 heteroatoms. The monoisotopic (exact) mass is 342 g/mol. The Morgan fingerprint density at radius 1 is 1.36 bits per heavy atom. The summed E-state index contributed by atoms with van der Waals surface area (Å²) in [6.45, 7) is 7.79. The number of nitrogens with one attached hydrogen (secondary N) is 1. The van der Waals surface area contributed by atoms with Crippen LogP contribution < -0.4 is 5.32 Å². The van der Waals surface area contributed by atoms with E-state index >= 15 is 0 Å². The van der Waals surface area contributed by atoms with Gasteiger partial charge in [0.2, 0.25) is 0 Å². The van der Waals surface area contributed by atoms with Crippen molar-refractivity contribution in [2.75, 3.05) is 0 Å². The summed E-state index contributed by atoms with van der Waals surface area (Å²) >= 11 is 0. The van der Waals surface area contributed by atoms with Gasteiger partial charge in [-0.3, -0.25) is 14.9 Å². The highest BCUT2D eigenvalue weighted by Crippen LogP contribution is 2.42. The van der Waals surface area contributed by atoms with Crippen LogP contribution >= 0.6 is 0 Å². The Labute approximate surface area is 146 Å². The quantitative estimate of drug-likeness (QED) is 0.667. The maximum absolute atomic E-state index is 12.8. The van der Waals surface area contributed by atoms with Gasteiger partial charge in [0.15, 0.2) is 0 Å². The summed E-state index contributed by atoms with van der Waals surface area (Å²) in [4.78, 5) is 23.4. The molecule has 1 aliphatic carbocycles. The minimum absolute atomic E-state index is 0.00691. The Morgan fingerprint density at radius 3 is 2.76 bits per heavy atom. The van der Waals surface area contributed by atoms with Crippen LogP contribution in [0.25, 0.3) is 0 Å². The molecular weight excluding hydrogens is 320 g/mol. The molecule has 0 fully saturated rings. The van der Waals surface area contributed by atoms with E-state index < -0.39 is 4.92 Å². The van der Waals surface area contributed by atoms with Gasteiger partial charge in [-0.25, -0.2) is 0 Å². The van der Waals surface area contributed by atoms with Crippen molar-refractivity contribution in [1.82, 2.24) is 5.32 Å². The van der Waals surface area contributed by atoms with Gasteiger partial charge in [-0.2, -0.15) is 0 Å². The number of rotatable bonds is 3. The van der Waals surface area contributed by atoms with E-state index in [1.54, 1.807) is 13.0 Å². The van der Waals surface area contributed by atoms with Crippen LogP contribution in [0.5, 0.6) is 0 Å². The smallest absolute Gasteiger partial charge is 0.273 e. The number of nitrogens with zero attached hydrogens (tertiary/aromatic N) is 1. The molecule has 1 amide bonds. The predicted molar refractivity (Wildman–Crippen MR) is 93.6 cm³/mol. The summed E-state index contributed by atoms with van der Waals surface area (Å²) in [5.41, 5.74) is 1.68. The number of aryl methyl sites for hydroxylation is 1. The third-order valence-electron chi connectivity index (χ3n) is 4.79. The number of carbonyl (C=O) groups is 1. The molecule has 0 bridgehead atoms. The fraction of sp³-hybridized carbons (Fsp3) is 0.421. The van der Waals surface area contributed by atoms with Crippen LogP contribution in [0.4, 0.5) is 5.69 Å². The van der Waals surface area contributed by atoms with Crippen molar-refractivity contribution in [1.29, 1.82) is 0 Å². The molecule has 1 atom stereocenters. The van der Waals surface area contributed by atoms with Gasteiger partial charge in [0, 0.05) is 29.2 Å². The van der Waals surface area contributed by atoms with Crippen LogP contribution in [0.1, 0.15) is 59.3 Å². The van der Waals surface area contributed by atoms with E-state index in [0.717, 1.165) is 29.9 Å². The molecule has 0 radical (unpaired) electrons. The first kappa shape index (κ1) is 17.2. The number of amides is 1. The number of fused-ring (bicyclic) bond motifs is 1. The summed E-state index contributed by atoms with van der Waals surface area (Å²) in [6, 6.07) is 6.37. The number of hydrogen-bond acceptors (Lipinski definition) is 4. The van der Waals surface area contributed by atoms with E-state index in [0.29, 0.717) is 11.1 Å². The number of nitro benzene ring substituents is 1. The lowest BCUT2D eigenvalue weighted by Crippen LogP contribution is -2.36. The Morgan fingerprint density at radius 2 is 2.08 bits per heavy atom. The third kappa shape index (κ3) is 3.29. The molecule has 1 aromatic heterocycles. The number of hydrogen-bond donors (Lipinski definition) is 1. The molecule has 3 rings (SSSR count). The molecule has 25 heavy (non-hydrogen) atoms. The van der Waals surface area contributed by atoms with E-state index in [9.17, 15) is 14.9 Å². The molecule has 2 aromatic rings. The number of carbonyl (C=O) groups excluding carboxylic acids is 1. The normalized spacial score (nSPS) is 18.5. The zero-order valence-electron chi connectivity index (χ0n) is 14.9. The summed E-state index contributed by atoms with van der Waals surface area (Å²) in [5, 5.41) is 14.1. The highest BCUT2D eigenvalue weighted by molar-refractivity contribution is 5.96. The van der Waals surface area contributed by atoms with Crippen LogP contribution in [-0.2, 0) is 6.42 Å². The molecular formula is C19H22N2O4. The lowest BCUT2D eigenvalue weighted by molar-refractivity contribution is -0.385. The van der Waals surface area contributed by atoms with Gasteiger partial charge in [-0.1, -0.05) is 19.9 Å². The largest absolute Gasteiger partial charge is 0.466 e. The maximum Gasteiger partial charge on any atom is 0.273 e. The van der Waals surface area contributed by atoms with Crippen molar-refractivity contribution < 1.29 is 14.1 Å². The van der Waals surface area contributed by atoms with Gasteiger partial charge in [-0.15, -0.1) is 0 Å². The SMILES string of the molecule is Cc1cc2c(o1)CC(C)(C)C[C@H]2NC(=O)c1cccc([N+](=O)[O-])c1C. The van der Waals surface area contributed by atoms with Crippen LogP contribution in [0, 0.1) is 29.4 Å². The summed E-state index contributed by atoms with van der Waals surface area (Å²) < 4.78 is 5.79. The van der Waals surface area contributed by atoms with Crippen LogP contribution in [-0.4, -0.2) is 10.8 Å². The number of nitro groups is 1. The average molecular weight is 342 g/mol. The summed E-state index contributed by atoms with van der Waals surface area (Å²) in [6.07, 6.45) is 1.62. The fourth-order valence-corrected chi connectivity index (χ4v) is 3.62. The Bertz CT molecular complexity index is 851. The van der Waals surface area contributed by atoms with Crippen molar-refractivity contribution in [3.05, 3.63) is 62.6 Å². The minimum atomic E-state index is -0.465. The van der Waals surface area contributed by atoms with Crippen molar-refractivity contribution in [3.63, 3.8) is 0 Å². The van der Waals surface area contributed by atoms with Crippen LogP contribution in [0.15, 0.2) is 28.7 Å². The van der Waals surface area contributed by atoms with Gasteiger partial charge in [-0.05, 0) is 37.8 Å². The van der Waals surface area contributed by atoms with Crippen molar-refractivity contribution in [2.45, 2.75) is 46.6 Å². The second-order valence-electron chi connectivity index (χ2n) is 7.51. The molecule has 0 spiro atoms. The van der Waals surface area contributed by atoms with Crippen LogP contribution in [0.2, 0.25) is 0 Å². The molecule has 1 aliphatic rings. The second-order valence-corrected chi connectivity index (χ2v) is 7.51. The molecule has 1 N–H and O–H groups in total. The highest BCUT2D eigenvalue weighted by atomic mass is 16.6. The van der Waals surface area contributed by atoms with Gasteiger partial charge in [0.1, 0.15) is 11.5 Å². The second kappa shape index (κ2) is 6.02. The highest BCUT2D eigenvalue weighted by Gasteiger charge is 2.36. The molecule has 1 heterocycles. The Hall–Kier alpha value is -2.63. The van der Waals surface area contributed by atoms with Crippen LogP contribution in [0.3, 0.4) is 0 Å². The molecule has 0 unspecified atom stereocenters. The standard InChI is InChI=1S/C19H22N2O4/c1-11-8-14-15(9-19(3,4)10-17(14)25-11)20-18(22)13-6-5-7-16(12(13)2)21(23)24/h5-8,15H,9-10H2,1-4H3,(H,20,22)/t15-/m1/s1. The number of benzene rings is 1. The van der Waals surface area contributed by atoms with Crippen molar-refractivity contribution in [3.8, 4) is 0 Å². The molecule has 1 aromatic carbocycles. The van der Waals surface area contributed by atoms with Gasteiger partial charge >= 0.3 is 0 Å². The van der Waals surface area contributed by atoms with Gasteiger partial charge in [0.05, 0.1) is 11.0 Å². The maximum atomic E-state index is 12.8. The Kier molecular flexibility index (Phi) is 4.14. The molecule has 0 saturated heterocycles. The third-order valence-corrected chi connectivity index (χ3v) is 4.79. The van der Waals surface area contributed by atoms with Crippen molar-refractivity contribution >= 4 is 11.6 Å².